The number of aromatic nitrogens is 3. The molecule has 1 aliphatic heterocycles. The lowest BCUT2D eigenvalue weighted by Crippen LogP contribution is -2.51. The number of thioether (sulfide) groups is 1. The Morgan fingerprint density at radius 2 is 2.10 bits per heavy atom. The maximum atomic E-state index is 13.4. The Labute approximate surface area is 186 Å². The third-order valence-corrected chi connectivity index (χ3v) is 6.73. The van der Waals surface area contributed by atoms with Crippen LogP contribution in [0.3, 0.4) is 0 Å². The van der Waals surface area contributed by atoms with Crippen molar-refractivity contribution >= 4 is 17.7 Å². The number of nitrogens with one attached hydrogen (secondary N) is 1. The second-order valence-corrected chi connectivity index (χ2v) is 9.58. The van der Waals surface area contributed by atoms with E-state index in [9.17, 15) is 14.4 Å². The van der Waals surface area contributed by atoms with Gasteiger partial charge >= 0.3 is 0 Å². The summed E-state index contributed by atoms with van der Waals surface area (Å²) >= 11 is 1.28. The Balaban J connectivity index is 1.83. The Bertz CT molecular complexity index is 950. The fraction of sp³-hybridized carbons (Fsp3) is 0.545. The molecular formula is C22H28FN5O2S. The molecule has 1 aromatic heterocycles. The van der Waals surface area contributed by atoms with Gasteiger partial charge in [-0.3, -0.25) is 9.36 Å². The zero-order valence-corrected chi connectivity index (χ0v) is 19.1. The average molecular weight is 446 g/mol. The van der Waals surface area contributed by atoms with E-state index in [2.05, 4.69) is 21.6 Å². The standard InChI is InChI=1S/C22H28FN5O2S/c1-14(2)22(4,13-24)25-20(29)15(3)31-21-27-26-19(16-7-9-17(23)10-8-16)28(21)12-18-6-5-11-30-18/h7-10,14-15,18H,5-6,11-12H2,1-4H3,(H,25,29). The number of amides is 1. The van der Waals surface area contributed by atoms with E-state index in [1.165, 1.54) is 23.9 Å². The van der Waals surface area contributed by atoms with E-state index >= 15 is 0 Å². The first-order valence-corrected chi connectivity index (χ1v) is 11.3. The van der Waals surface area contributed by atoms with Crippen LogP contribution >= 0.6 is 11.8 Å². The number of carbonyl (C=O) groups excluding carboxylic acids is 1. The van der Waals surface area contributed by atoms with Crippen molar-refractivity contribution in [3.8, 4) is 17.5 Å². The van der Waals surface area contributed by atoms with E-state index in [0.717, 1.165) is 25.0 Å². The van der Waals surface area contributed by atoms with Crippen molar-refractivity contribution < 1.29 is 13.9 Å². The number of carbonyl (C=O) groups is 1. The van der Waals surface area contributed by atoms with Gasteiger partial charge in [0, 0.05) is 12.2 Å². The zero-order chi connectivity index (χ0) is 22.6. The van der Waals surface area contributed by atoms with Crippen LogP contribution in [0, 0.1) is 23.1 Å². The van der Waals surface area contributed by atoms with Gasteiger partial charge in [-0.05, 0) is 56.9 Å². The minimum absolute atomic E-state index is 0.0353. The van der Waals surface area contributed by atoms with Gasteiger partial charge in [0.1, 0.15) is 11.4 Å². The lowest BCUT2D eigenvalue weighted by atomic mass is 9.90. The first kappa shape index (κ1) is 23.2. The minimum atomic E-state index is -0.948. The lowest BCUT2D eigenvalue weighted by Gasteiger charge is -2.28. The molecule has 0 saturated carbocycles. The topological polar surface area (TPSA) is 92.8 Å². The molecule has 1 amide bonds. The lowest BCUT2D eigenvalue weighted by molar-refractivity contribution is -0.121. The Morgan fingerprint density at radius 3 is 2.68 bits per heavy atom. The van der Waals surface area contributed by atoms with E-state index in [1.807, 2.05) is 18.4 Å². The summed E-state index contributed by atoms with van der Waals surface area (Å²) in [6, 6.07) is 8.30. The van der Waals surface area contributed by atoms with Gasteiger partial charge in [-0.25, -0.2) is 4.39 Å². The van der Waals surface area contributed by atoms with Gasteiger partial charge in [-0.15, -0.1) is 10.2 Å². The van der Waals surface area contributed by atoms with E-state index < -0.39 is 10.8 Å². The van der Waals surface area contributed by atoms with Gasteiger partial charge < -0.3 is 10.1 Å². The second kappa shape index (κ2) is 9.79. The fourth-order valence-electron chi connectivity index (χ4n) is 3.22. The summed E-state index contributed by atoms with van der Waals surface area (Å²) in [6.45, 7) is 8.57. The quantitative estimate of drug-likeness (QED) is 0.622. The average Bonchev–Trinajstić information content (AvgIpc) is 3.39. The largest absolute Gasteiger partial charge is 0.376 e. The second-order valence-electron chi connectivity index (χ2n) is 8.28. The molecule has 3 rings (SSSR count). The van der Waals surface area contributed by atoms with Gasteiger partial charge in [-0.1, -0.05) is 25.6 Å². The van der Waals surface area contributed by atoms with Crippen LogP contribution in [0.15, 0.2) is 29.4 Å². The fourth-order valence-corrected chi connectivity index (χ4v) is 4.07. The summed E-state index contributed by atoms with van der Waals surface area (Å²) in [5, 5.41) is 21.1. The van der Waals surface area contributed by atoms with Crippen LogP contribution < -0.4 is 5.32 Å². The van der Waals surface area contributed by atoms with Crippen molar-refractivity contribution in [1.82, 2.24) is 20.1 Å². The molecule has 0 spiro atoms. The molecule has 9 heteroatoms. The first-order chi connectivity index (χ1) is 14.7. The minimum Gasteiger partial charge on any atom is -0.376 e. The number of hydrogen-bond donors (Lipinski definition) is 1. The summed E-state index contributed by atoms with van der Waals surface area (Å²) in [5.74, 6) is 0.0128. The van der Waals surface area contributed by atoms with Crippen molar-refractivity contribution in [3.63, 3.8) is 0 Å². The highest BCUT2D eigenvalue weighted by molar-refractivity contribution is 8.00. The number of nitrogens with zero attached hydrogens (tertiary/aromatic N) is 4. The van der Waals surface area contributed by atoms with Gasteiger partial charge in [0.05, 0.1) is 24.0 Å². The molecule has 1 N–H and O–H groups in total. The number of halogens is 1. The van der Waals surface area contributed by atoms with Gasteiger partial charge in [-0.2, -0.15) is 5.26 Å². The molecule has 2 aromatic rings. The van der Waals surface area contributed by atoms with Crippen LogP contribution in [-0.2, 0) is 16.1 Å². The van der Waals surface area contributed by atoms with E-state index in [-0.39, 0.29) is 23.7 Å². The number of ether oxygens (including phenoxy) is 1. The molecule has 1 fully saturated rings. The van der Waals surface area contributed by atoms with E-state index in [1.54, 1.807) is 26.0 Å². The molecule has 3 atom stereocenters. The Hall–Kier alpha value is -2.44. The van der Waals surface area contributed by atoms with Crippen LogP contribution in [0.4, 0.5) is 4.39 Å². The highest BCUT2D eigenvalue weighted by atomic mass is 32.2. The summed E-state index contributed by atoms with van der Waals surface area (Å²) < 4.78 is 21.1. The van der Waals surface area contributed by atoms with Crippen molar-refractivity contribution in [2.45, 2.75) is 69.1 Å². The summed E-state index contributed by atoms with van der Waals surface area (Å²) in [7, 11) is 0. The molecule has 2 heterocycles. The van der Waals surface area contributed by atoms with Crippen LogP contribution in [0.1, 0.15) is 40.5 Å². The number of rotatable bonds is 8. The van der Waals surface area contributed by atoms with Crippen LogP contribution in [0.25, 0.3) is 11.4 Å². The molecule has 1 aromatic carbocycles. The molecule has 31 heavy (non-hydrogen) atoms. The van der Waals surface area contributed by atoms with Gasteiger partial charge in [0.2, 0.25) is 5.91 Å². The Morgan fingerprint density at radius 1 is 1.39 bits per heavy atom. The van der Waals surface area contributed by atoms with Crippen LogP contribution in [0.2, 0.25) is 0 Å². The maximum Gasteiger partial charge on any atom is 0.234 e. The molecule has 7 nitrogen and oxygen atoms in total. The third-order valence-electron chi connectivity index (χ3n) is 5.65. The monoisotopic (exact) mass is 445 g/mol. The molecule has 0 aliphatic carbocycles. The predicted molar refractivity (Wildman–Crippen MR) is 117 cm³/mol. The van der Waals surface area contributed by atoms with E-state index in [0.29, 0.717) is 17.5 Å². The molecule has 0 radical (unpaired) electrons. The number of hydrogen-bond acceptors (Lipinski definition) is 6. The predicted octanol–water partition coefficient (Wildman–Crippen LogP) is 3.80. The number of nitriles is 1. The van der Waals surface area contributed by atoms with Gasteiger partial charge in [0.25, 0.3) is 0 Å². The normalized spacial score (nSPS) is 19.1. The third kappa shape index (κ3) is 5.43. The van der Waals surface area contributed by atoms with Crippen LogP contribution in [-0.4, -0.2) is 44.2 Å². The highest BCUT2D eigenvalue weighted by Gasteiger charge is 2.32. The molecule has 1 aliphatic rings. The summed E-state index contributed by atoms with van der Waals surface area (Å²) in [6.07, 6.45) is 1.99. The van der Waals surface area contributed by atoms with Crippen LogP contribution in [0.5, 0.6) is 0 Å². The smallest absolute Gasteiger partial charge is 0.234 e. The van der Waals surface area contributed by atoms with Crippen molar-refractivity contribution in [3.05, 3.63) is 30.1 Å². The molecular weight excluding hydrogens is 417 g/mol. The molecule has 1 saturated heterocycles. The first-order valence-electron chi connectivity index (χ1n) is 10.4. The van der Waals surface area contributed by atoms with Crippen molar-refractivity contribution in [1.29, 1.82) is 5.26 Å². The van der Waals surface area contributed by atoms with Crippen molar-refractivity contribution in [2.75, 3.05) is 6.61 Å². The number of benzene rings is 1. The maximum absolute atomic E-state index is 13.4. The highest BCUT2D eigenvalue weighted by Crippen LogP contribution is 2.29. The van der Waals surface area contributed by atoms with Crippen molar-refractivity contribution in [2.24, 2.45) is 5.92 Å². The summed E-state index contributed by atoms with van der Waals surface area (Å²) in [5.41, 5.74) is -0.205. The SMILES string of the molecule is CC(Sc1nnc(-c2ccc(F)cc2)n1CC1CCCO1)C(=O)NC(C)(C#N)C(C)C. The summed E-state index contributed by atoms with van der Waals surface area (Å²) in [4.78, 5) is 12.8. The van der Waals surface area contributed by atoms with Gasteiger partial charge in [0.15, 0.2) is 11.0 Å². The molecule has 3 unspecified atom stereocenters. The van der Waals surface area contributed by atoms with E-state index in [4.69, 9.17) is 4.74 Å². The Kier molecular flexibility index (Phi) is 7.34. The molecule has 166 valence electrons. The molecule has 0 bridgehead atoms. The zero-order valence-electron chi connectivity index (χ0n) is 18.3.